The van der Waals surface area contributed by atoms with Gasteiger partial charge in [0.1, 0.15) is 5.60 Å². The number of cyclic esters (lactones) is 1. The first kappa shape index (κ1) is 26.7. The zero-order valence-electron chi connectivity index (χ0n) is 22.9. The van der Waals surface area contributed by atoms with Gasteiger partial charge in [-0.2, -0.15) is 0 Å². The van der Waals surface area contributed by atoms with E-state index < -0.39 is 35.1 Å². The predicted octanol–water partition coefficient (Wildman–Crippen LogP) is 5.12. The largest absolute Gasteiger partial charge is 0.494 e. The molecule has 0 aromatic heterocycles. The quantitative estimate of drug-likeness (QED) is 0.566. The number of hydrogen-bond donors (Lipinski definition) is 1. The van der Waals surface area contributed by atoms with E-state index in [2.05, 4.69) is 0 Å². The molecule has 1 atom stereocenters. The van der Waals surface area contributed by atoms with E-state index in [-0.39, 0.29) is 6.09 Å². The Labute approximate surface area is 216 Å². The second-order valence-corrected chi connectivity index (χ2v) is 12.4. The van der Waals surface area contributed by atoms with Crippen LogP contribution in [-0.4, -0.2) is 46.6 Å². The van der Waals surface area contributed by atoms with E-state index in [0.29, 0.717) is 19.4 Å². The average Bonchev–Trinajstić information content (AvgIpc) is 3.00. The monoisotopic (exact) mass is 493 g/mol. The summed E-state index contributed by atoms with van der Waals surface area (Å²) in [6, 6.07) is 17.8. The van der Waals surface area contributed by atoms with Crippen LogP contribution >= 0.6 is 0 Å². The zero-order chi connectivity index (χ0) is 26.6. The number of nitrogens with zero attached hydrogens (tertiary/aromatic N) is 1. The van der Waals surface area contributed by atoms with Crippen molar-refractivity contribution >= 4 is 18.7 Å². The van der Waals surface area contributed by atoms with E-state index in [1.165, 1.54) is 0 Å². The summed E-state index contributed by atoms with van der Waals surface area (Å²) in [5.41, 5.74) is -0.408. The summed E-state index contributed by atoms with van der Waals surface area (Å²) in [6.07, 6.45) is 0.531. The Morgan fingerprint density at radius 3 is 1.97 bits per heavy atom. The van der Waals surface area contributed by atoms with Crippen molar-refractivity contribution in [2.45, 2.75) is 96.2 Å². The average molecular weight is 493 g/mol. The molecule has 0 spiro atoms. The first-order valence-electron chi connectivity index (χ1n) is 12.8. The molecule has 194 valence electrons. The molecule has 0 aliphatic carbocycles. The molecular weight excluding hydrogens is 453 g/mol. The molecule has 2 aromatic carbocycles. The number of rotatable bonds is 6. The lowest BCUT2D eigenvalue weighted by Gasteiger charge is -2.48. The highest BCUT2D eigenvalue weighted by Crippen LogP contribution is 2.43. The van der Waals surface area contributed by atoms with Gasteiger partial charge in [-0.3, -0.25) is 4.90 Å². The Hall–Kier alpha value is -2.35. The summed E-state index contributed by atoms with van der Waals surface area (Å²) in [6.45, 7) is 16.2. The van der Waals surface area contributed by atoms with Gasteiger partial charge < -0.3 is 19.2 Å². The van der Waals surface area contributed by atoms with Gasteiger partial charge in [0.25, 0.3) is 0 Å². The third-order valence-electron chi connectivity index (χ3n) is 8.08. The van der Waals surface area contributed by atoms with Crippen molar-refractivity contribution in [3.8, 4) is 0 Å². The summed E-state index contributed by atoms with van der Waals surface area (Å²) in [7, 11) is -0.430. The minimum atomic E-state index is -0.989. The van der Waals surface area contributed by atoms with Gasteiger partial charge in [-0.15, -0.1) is 0 Å². The Morgan fingerprint density at radius 2 is 1.47 bits per heavy atom. The molecule has 0 saturated carbocycles. The van der Waals surface area contributed by atoms with Gasteiger partial charge in [0.2, 0.25) is 0 Å². The molecule has 0 radical (unpaired) electrons. The second kappa shape index (κ2) is 8.89. The maximum atomic E-state index is 13.5. The van der Waals surface area contributed by atoms with Crippen LogP contribution in [-0.2, 0) is 25.2 Å². The number of hydrogen-bond acceptors (Lipinski definition) is 5. The van der Waals surface area contributed by atoms with Crippen LogP contribution in [0.25, 0.3) is 0 Å². The Morgan fingerprint density at radius 1 is 0.917 bits per heavy atom. The first-order chi connectivity index (χ1) is 16.6. The summed E-state index contributed by atoms with van der Waals surface area (Å²) >= 11 is 0. The van der Waals surface area contributed by atoms with Crippen molar-refractivity contribution in [1.82, 2.24) is 4.90 Å². The summed E-state index contributed by atoms with van der Waals surface area (Å²) in [4.78, 5) is 15.3. The fourth-order valence-corrected chi connectivity index (χ4v) is 5.22. The van der Waals surface area contributed by atoms with E-state index in [0.717, 1.165) is 16.6 Å². The van der Waals surface area contributed by atoms with E-state index in [1.807, 2.05) is 96.1 Å². The standard InChI is InChI=1S/C29H40BNO5/c1-25(2,33)20-29(22-12-10-9-11-13-22)18-19-31(24(32)34-29)26(3,4)21-14-16-23(17-15-21)30-35-27(5,6)28(7,8)36-30/h9-17,33H,18-20H2,1-8H3. The highest BCUT2D eigenvalue weighted by Gasteiger charge is 2.52. The first-order valence-corrected chi connectivity index (χ1v) is 12.8. The van der Waals surface area contributed by atoms with Crippen LogP contribution in [0.4, 0.5) is 4.79 Å². The summed E-state index contributed by atoms with van der Waals surface area (Å²) in [5, 5.41) is 10.6. The zero-order valence-corrected chi connectivity index (χ0v) is 22.9. The third-order valence-corrected chi connectivity index (χ3v) is 8.08. The number of carbonyl (C=O) groups excluding carboxylic acids is 1. The molecule has 1 N–H and O–H groups in total. The van der Waals surface area contributed by atoms with Gasteiger partial charge in [0.05, 0.1) is 22.3 Å². The van der Waals surface area contributed by atoms with Gasteiger partial charge in [-0.25, -0.2) is 4.79 Å². The van der Waals surface area contributed by atoms with E-state index >= 15 is 0 Å². The number of aliphatic hydroxyl groups is 1. The molecule has 2 aliphatic rings. The van der Waals surface area contributed by atoms with E-state index in [9.17, 15) is 9.90 Å². The van der Waals surface area contributed by atoms with Gasteiger partial charge >= 0.3 is 13.2 Å². The molecule has 7 heteroatoms. The van der Waals surface area contributed by atoms with E-state index in [4.69, 9.17) is 14.0 Å². The van der Waals surface area contributed by atoms with Gasteiger partial charge in [-0.05, 0) is 72.0 Å². The van der Waals surface area contributed by atoms with Crippen molar-refractivity contribution in [1.29, 1.82) is 0 Å². The van der Waals surface area contributed by atoms with E-state index in [1.54, 1.807) is 18.7 Å². The SMILES string of the molecule is CC(C)(O)CC1(c2ccccc2)CCN(C(C)(C)c2ccc(B3OC(C)(C)C(C)(C)O3)cc2)C(=O)O1. The van der Waals surface area contributed by atoms with Crippen LogP contribution < -0.4 is 5.46 Å². The molecule has 6 nitrogen and oxygen atoms in total. The maximum Gasteiger partial charge on any atom is 0.494 e. The molecule has 4 rings (SSSR count). The third kappa shape index (κ3) is 4.93. The molecule has 0 bridgehead atoms. The van der Waals surface area contributed by atoms with Crippen molar-refractivity contribution < 1.29 is 23.9 Å². The number of ether oxygens (including phenoxy) is 1. The fraction of sp³-hybridized carbons (Fsp3) is 0.552. The summed E-state index contributed by atoms with van der Waals surface area (Å²) in [5.74, 6) is 0. The van der Waals surface area contributed by atoms with Gasteiger partial charge in [-0.1, -0.05) is 54.6 Å². The van der Waals surface area contributed by atoms with Crippen molar-refractivity contribution in [3.63, 3.8) is 0 Å². The van der Waals surface area contributed by atoms with Gasteiger partial charge in [0, 0.05) is 19.4 Å². The minimum absolute atomic E-state index is 0.326. The number of carbonyl (C=O) groups is 1. The highest BCUT2D eigenvalue weighted by molar-refractivity contribution is 6.62. The van der Waals surface area contributed by atoms with Gasteiger partial charge in [0.15, 0.2) is 0 Å². The van der Waals surface area contributed by atoms with Crippen molar-refractivity contribution in [3.05, 3.63) is 65.7 Å². The molecule has 2 saturated heterocycles. The normalized spacial score (nSPS) is 24.1. The van der Waals surface area contributed by atoms with Crippen LogP contribution in [0.1, 0.15) is 79.4 Å². The molecule has 2 aromatic rings. The van der Waals surface area contributed by atoms with Crippen LogP contribution in [0.5, 0.6) is 0 Å². The van der Waals surface area contributed by atoms with Crippen LogP contribution in [0, 0.1) is 0 Å². The molecule has 2 heterocycles. The molecule has 1 unspecified atom stereocenters. The predicted molar refractivity (Wildman–Crippen MR) is 142 cm³/mol. The second-order valence-electron chi connectivity index (χ2n) is 12.4. The highest BCUT2D eigenvalue weighted by atomic mass is 16.7. The lowest BCUT2D eigenvalue weighted by molar-refractivity contribution is -0.109. The van der Waals surface area contributed by atoms with Crippen LogP contribution in [0.2, 0.25) is 0 Å². The lowest BCUT2D eigenvalue weighted by Crippen LogP contribution is -2.55. The molecule has 2 fully saturated rings. The molecule has 2 aliphatic heterocycles. The Kier molecular flexibility index (Phi) is 6.60. The van der Waals surface area contributed by atoms with Crippen LogP contribution in [0.3, 0.4) is 0 Å². The van der Waals surface area contributed by atoms with Crippen molar-refractivity contribution in [2.24, 2.45) is 0 Å². The fourth-order valence-electron chi connectivity index (χ4n) is 5.22. The smallest absolute Gasteiger partial charge is 0.438 e. The van der Waals surface area contributed by atoms with Crippen molar-refractivity contribution in [2.75, 3.05) is 6.54 Å². The molecule has 36 heavy (non-hydrogen) atoms. The Bertz CT molecular complexity index is 1070. The number of amides is 1. The minimum Gasteiger partial charge on any atom is -0.438 e. The summed E-state index contributed by atoms with van der Waals surface area (Å²) < 4.78 is 18.6. The molecule has 1 amide bonds. The number of benzene rings is 2. The Balaban J connectivity index is 1.54. The maximum absolute atomic E-state index is 13.5. The topological polar surface area (TPSA) is 68.2 Å². The molecular formula is C29H40BNO5. The lowest BCUT2D eigenvalue weighted by atomic mass is 9.77. The van der Waals surface area contributed by atoms with Crippen LogP contribution in [0.15, 0.2) is 54.6 Å².